The van der Waals surface area contributed by atoms with Crippen LogP contribution < -0.4 is 0 Å². The molecule has 5 nitrogen and oxygen atoms in total. The molecule has 0 N–H and O–H groups in total. The van der Waals surface area contributed by atoms with E-state index in [9.17, 15) is 26.3 Å². The molecule has 1 aliphatic heterocycles. The Labute approximate surface area is 150 Å². The summed E-state index contributed by atoms with van der Waals surface area (Å²) in [5.74, 6) is -0.274. The Morgan fingerprint density at radius 3 is 2.48 bits per heavy atom. The molecule has 11 heteroatoms. The molecule has 0 amide bonds. The lowest BCUT2D eigenvalue weighted by atomic mass is 9.95. The third-order valence-corrected chi connectivity index (χ3v) is 3.76. The molecule has 1 aromatic carbocycles. The molecule has 0 bridgehead atoms. The first-order valence-corrected chi connectivity index (χ1v) is 7.70. The van der Waals surface area contributed by atoms with E-state index in [1.54, 1.807) is 6.92 Å². The highest BCUT2D eigenvalue weighted by molar-refractivity contribution is 5.89. The molecule has 1 aliphatic rings. The second kappa shape index (κ2) is 7.17. The molecule has 0 aromatic heterocycles. The maximum atomic E-state index is 13.1. The Bertz CT molecular complexity index is 809. The minimum absolute atomic E-state index is 0.0207. The quantitative estimate of drug-likeness (QED) is 0.275. The minimum Gasteiger partial charge on any atom is -0.479 e. The van der Waals surface area contributed by atoms with E-state index in [4.69, 9.17) is 11.3 Å². The summed E-state index contributed by atoms with van der Waals surface area (Å²) < 4.78 is 83.1. The predicted molar refractivity (Wildman–Crippen MR) is 84.1 cm³/mol. The van der Waals surface area contributed by atoms with Crippen molar-refractivity contribution >= 4 is 17.3 Å². The maximum Gasteiger partial charge on any atom is 0.412 e. The summed E-state index contributed by atoms with van der Waals surface area (Å²) in [5, 5.41) is 6.82. The lowest BCUT2D eigenvalue weighted by Gasteiger charge is -2.23. The molecule has 0 aliphatic carbocycles. The number of hydrogen-bond acceptors (Lipinski definition) is 4. The van der Waals surface area contributed by atoms with Gasteiger partial charge < -0.3 is 4.74 Å². The van der Waals surface area contributed by atoms with E-state index in [0.717, 1.165) is 12.1 Å². The fraction of sp³-hybridized carbons (Fsp3) is 0.500. The zero-order valence-electron chi connectivity index (χ0n) is 14.2. The van der Waals surface area contributed by atoms with Crippen molar-refractivity contribution in [3.8, 4) is 0 Å². The normalized spacial score (nSPS) is 23.4. The van der Waals surface area contributed by atoms with E-state index in [1.807, 2.05) is 0 Å². The molecule has 0 saturated heterocycles. The molecular weight excluding hydrogens is 378 g/mol. The summed E-state index contributed by atoms with van der Waals surface area (Å²) >= 11 is 0. The largest absolute Gasteiger partial charge is 0.479 e. The van der Waals surface area contributed by atoms with Gasteiger partial charge in [-0.3, -0.25) is 0 Å². The Morgan fingerprint density at radius 2 is 2.00 bits per heavy atom. The van der Waals surface area contributed by atoms with Crippen molar-refractivity contribution in [3.63, 3.8) is 0 Å². The lowest BCUT2D eigenvalue weighted by molar-refractivity contribution is -0.147. The molecule has 0 radical (unpaired) electrons. The standard InChI is InChI=1S/C16H14F6N4O/c1-4-27-13(14(2)8-12(25-26-14)16(20,21)22)24-9-5-6-11(23-3)10(7-9)15(17,18)19/h5-7,12H,4,8H2,1-2H3/b24-13-/t12?,14-/m1/s1. The van der Waals surface area contributed by atoms with E-state index >= 15 is 0 Å². The van der Waals surface area contributed by atoms with E-state index in [0.29, 0.717) is 6.07 Å². The number of ether oxygens (including phenoxy) is 1. The van der Waals surface area contributed by atoms with Crippen LogP contribution in [0, 0.1) is 6.57 Å². The first-order chi connectivity index (χ1) is 12.4. The first-order valence-electron chi connectivity index (χ1n) is 7.70. The van der Waals surface area contributed by atoms with Crippen molar-refractivity contribution in [1.82, 2.24) is 0 Å². The van der Waals surface area contributed by atoms with Gasteiger partial charge in [-0.2, -0.15) is 36.6 Å². The van der Waals surface area contributed by atoms with Crippen molar-refractivity contribution in [2.75, 3.05) is 6.61 Å². The molecule has 0 fully saturated rings. The van der Waals surface area contributed by atoms with Crippen LogP contribution >= 0.6 is 0 Å². The average molecular weight is 392 g/mol. The highest BCUT2D eigenvalue weighted by Crippen LogP contribution is 2.40. The van der Waals surface area contributed by atoms with Gasteiger partial charge in [0, 0.05) is 6.42 Å². The number of alkyl halides is 6. The van der Waals surface area contributed by atoms with Gasteiger partial charge >= 0.3 is 12.4 Å². The van der Waals surface area contributed by atoms with Gasteiger partial charge in [0.15, 0.2) is 17.3 Å². The zero-order valence-corrected chi connectivity index (χ0v) is 14.2. The van der Waals surface area contributed by atoms with Crippen LogP contribution in [0.1, 0.15) is 25.8 Å². The van der Waals surface area contributed by atoms with Crippen LogP contribution in [0.5, 0.6) is 0 Å². The second-order valence-corrected chi connectivity index (χ2v) is 5.91. The molecule has 1 heterocycles. The summed E-state index contributed by atoms with van der Waals surface area (Å²) in [4.78, 5) is 6.75. The van der Waals surface area contributed by atoms with E-state index < -0.39 is 41.6 Å². The molecule has 0 spiro atoms. The number of halogens is 6. The first kappa shape index (κ1) is 20.7. The molecule has 2 rings (SSSR count). The molecule has 1 unspecified atom stereocenters. The third kappa shape index (κ3) is 4.56. The second-order valence-electron chi connectivity index (χ2n) is 5.91. The van der Waals surface area contributed by atoms with E-state index in [1.165, 1.54) is 6.92 Å². The zero-order chi connectivity index (χ0) is 20.5. The van der Waals surface area contributed by atoms with Crippen molar-refractivity contribution < 1.29 is 31.1 Å². The number of azo groups is 1. The SMILES string of the molecule is [C-]#[N+]c1ccc(/N=C(\OCC)[C@@]2(C)CC(C(F)(F)F)N=N2)cc1C(F)(F)F. The van der Waals surface area contributed by atoms with Crippen LogP contribution in [-0.2, 0) is 10.9 Å². The van der Waals surface area contributed by atoms with Crippen molar-refractivity contribution in [3.05, 3.63) is 35.2 Å². The predicted octanol–water partition coefficient (Wildman–Crippen LogP) is 5.87. The van der Waals surface area contributed by atoms with Crippen LogP contribution in [0.25, 0.3) is 4.85 Å². The average Bonchev–Trinajstić information content (AvgIpc) is 2.97. The van der Waals surface area contributed by atoms with Gasteiger partial charge in [0.25, 0.3) is 0 Å². The van der Waals surface area contributed by atoms with Gasteiger partial charge in [0.05, 0.1) is 24.4 Å². The van der Waals surface area contributed by atoms with Crippen LogP contribution in [0.15, 0.2) is 33.4 Å². The monoisotopic (exact) mass is 392 g/mol. The Kier molecular flexibility index (Phi) is 5.49. The summed E-state index contributed by atoms with van der Waals surface area (Å²) in [6, 6.07) is 0.694. The fourth-order valence-corrected chi connectivity index (χ4v) is 2.45. The van der Waals surface area contributed by atoms with Gasteiger partial charge in [-0.1, -0.05) is 6.07 Å². The molecule has 146 valence electrons. The summed E-state index contributed by atoms with van der Waals surface area (Å²) in [5.41, 5.74) is -3.58. The van der Waals surface area contributed by atoms with Gasteiger partial charge in [0.2, 0.25) is 5.90 Å². The number of nitrogens with zero attached hydrogens (tertiary/aromatic N) is 4. The van der Waals surface area contributed by atoms with Crippen molar-refractivity contribution in [1.29, 1.82) is 0 Å². The van der Waals surface area contributed by atoms with Gasteiger partial charge in [-0.25, -0.2) is 9.84 Å². The highest BCUT2D eigenvalue weighted by atomic mass is 19.4. The van der Waals surface area contributed by atoms with E-state index in [-0.39, 0.29) is 18.2 Å². The number of hydrogen-bond donors (Lipinski definition) is 0. The molecule has 0 saturated carbocycles. The van der Waals surface area contributed by atoms with E-state index in [2.05, 4.69) is 20.1 Å². The Hall–Kier alpha value is -2.64. The molecular formula is C16H14F6N4O. The molecule has 1 aromatic rings. The lowest BCUT2D eigenvalue weighted by Crippen LogP contribution is -2.37. The Morgan fingerprint density at radius 1 is 1.33 bits per heavy atom. The summed E-state index contributed by atoms with van der Waals surface area (Å²) in [6.45, 7) is 9.71. The minimum atomic E-state index is -4.78. The van der Waals surface area contributed by atoms with Crippen LogP contribution in [-0.4, -0.2) is 30.3 Å². The summed E-state index contributed by atoms with van der Waals surface area (Å²) in [7, 11) is 0. The summed E-state index contributed by atoms with van der Waals surface area (Å²) in [6.07, 6.45) is -9.95. The smallest absolute Gasteiger partial charge is 0.412 e. The van der Waals surface area contributed by atoms with Crippen molar-refractivity contribution in [2.24, 2.45) is 15.2 Å². The van der Waals surface area contributed by atoms with Crippen LogP contribution in [0.4, 0.5) is 37.7 Å². The maximum absolute atomic E-state index is 13.1. The van der Waals surface area contributed by atoms with Gasteiger partial charge in [-0.15, -0.1) is 0 Å². The van der Waals surface area contributed by atoms with Crippen molar-refractivity contribution in [2.45, 2.75) is 44.2 Å². The number of aliphatic imine (C=N–C) groups is 1. The van der Waals surface area contributed by atoms with Gasteiger partial charge in [-0.05, 0) is 26.0 Å². The van der Waals surface area contributed by atoms with Gasteiger partial charge in [0.1, 0.15) is 0 Å². The van der Waals surface area contributed by atoms with Crippen LogP contribution in [0.2, 0.25) is 0 Å². The highest BCUT2D eigenvalue weighted by Gasteiger charge is 2.51. The fourth-order valence-electron chi connectivity index (χ4n) is 2.45. The number of benzene rings is 1. The number of rotatable bonds is 3. The Balaban J connectivity index is 2.45. The van der Waals surface area contributed by atoms with Crippen LogP contribution in [0.3, 0.4) is 0 Å². The molecule has 2 atom stereocenters. The third-order valence-electron chi connectivity index (χ3n) is 3.76. The topological polar surface area (TPSA) is 50.7 Å². The molecule has 27 heavy (non-hydrogen) atoms.